The standard InChI is InChI=1S/C16H15ClO2/c1-10-4-6-14(8-11(10)2)19-16-7-5-13(17)9-15(16)12(3)18/h4-9H,1-3H3. The number of hydrogen-bond donors (Lipinski definition) is 0. The van der Waals surface area contributed by atoms with Crippen molar-refractivity contribution in [2.75, 3.05) is 0 Å². The van der Waals surface area contributed by atoms with Crippen LogP contribution in [0.4, 0.5) is 0 Å². The number of benzene rings is 2. The number of halogens is 1. The molecule has 0 aliphatic rings. The average Bonchev–Trinajstić information content (AvgIpc) is 2.36. The van der Waals surface area contributed by atoms with Crippen LogP contribution in [0.5, 0.6) is 11.5 Å². The smallest absolute Gasteiger partial charge is 0.163 e. The van der Waals surface area contributed by atoms with E-state index in [9.17, 15) is 4.79 Å². The van der Waals surface area contributed by atoms with Crippen LogP contribution in [0.15, 0.2) is 36.4 Å². The molecular formula is C16H15ClO2. The Kier molecular flexibility index (Phi) is 3.91. The lowest BCUT2D eigenvalue weighted by molar-refractivity contribution is 0.101. The van der Waals surface area contributed by atoms with E-state index in [0.717, 1.165) is 5.56 Å². The van der Waals surface area contributed by atoms with E-state index in [4.69, 9.17) is 16.3 Å². The summed E-state index contributed by atoms with van der Waals surface area (Å²) < 4.78 is 5.78. The molecule has 0 fully saturated rings. The Bertz CT molecular complexity index is 633. The number of Topliss-reactive ketones (excluding diaryl/α,β-unsaturated/α-hetero) is 1. The zero-order chi connectivity index (χ0) is 14.0. The van der Waals surface area contributed by atoms with Crippen LogP contribution in [0.3, 0.4) is 0 Å². The first-order valence-electron chi connectivity index (χ1n) is 6.03. The molecule has 2 aromatic rings. The van der Waals surface area contributed by atoms with E-state index >= 15 is 0 Å². The SMILES string of the molecule is CC(=O)c1cc(Cl)ccc1Oc1ccc(C)c(C)c1. The molecule has 2 aromatic carbocycles. The Morgan fingerprint density at radius 1 is 1.05 bits per heavy atom. The second-order valence-electron chi connectivity index (χ2n) is 4.54. The van der Waals surface area contributed by atoms with Gasteiger partial charge in [-0.3, -0.25) is 4.79 Å². The van der Waals surface area contributed by atoms with Crippen molar-refractivity contribution < 1.29 is 9.53 Å². The number of aryl methyl sites for hydroxylation is 2. The molecule has 0 N–H and O–H groups in total. The fourth-order valence-corrected chi connectivity index (χ4v) is 1.94. The lowest BCUT2D eigenvalue weighted by atomic mass is 10.1. The fourth-order valence-electron chi connectivity index (χ4n) is 1.77. The van der Waals surface area contributed by atoms with Gasteiger partial charge in [-0.05, 0) is 62.2 Å². The lowest BCUT2D eigenvalue weighted by Crippen LogP contribution is -1.97. The Labute approximate surface area is 118 Å². The highest BCUT2D eigenvalue weighted by molar-refractivity contribution is 6.31. The van der Waals surface area contributed by atoms with E-state index in [0.29, 0.717) is 22.1 Å². The molecule has 0 heterocycles. The molecule has 3 heteroatoms. The number of hydrogen-bond acceptors (Lipinski definition) is 2. The molecule has 0 radical (unpaired) electrons. The number of carbonyl (C=O) groups excluding carboxylic acids is 1. The van der Waals surface area contributed by atoms with Gasteiger partial charge in [-0.2, -0.15) is 0 Å². The van der Waals surface area contributed by atoms with Crippen LogP contribution < -0.4 is 4.74 Å². The van der Waals surface area contributed by atoms with Gasteiger partial charge in [0.25, 0.3) is 0 Å². The van der Waals surface area contributed by atoms with Crippen molar-refractivity contribution in [3.8, 4) is 11.5 Å². The third-order valence-electron chi connectivity index (χ3n) is 3.03. The monoisotopic (exact) mass is 274 g/mol. The Hall–Kier alpha value is -1.80. The van der Waals surface area contributed by atoms with Gasteiger partial charge in [-0.1, -0.05) is 17.7 Å². The molecule has 0 amide bonds. The van der Waals surface area contributed by atoms with Gasteiger partial charge in [0.05, 0.1) is 5.56 Å². The first-order chi connectivity index (χ1) is 8.97. The summed E-state index contributed by atoms with van der Waals surface area (Å²) in [5, 5.41) is 0.526. The molecule has 19 heavy (non-hydrogen) atoms. The first-order valence-corrected chi connectivity index (χ1v) is 6.41. The van der Waals surface area contributed by atoms with E-state index in [2.05, 4.69) is 0 Å². The number of rotatable bonds is 3. The van der Waals surface area contributed by atoms with Crippen molar-refractivity contribution >= 4 is 17.4 Å². The molecule has 98 valence electrons. The van der Waals surface area contributed by atoms with Gasteiger partial charge in [0.2, 0.25) is 0 Å². The molecular weight excluding hydrogens is 260 g/mol. The second-order valence-corrected chi connectivity index (χ2v) is 4.98. The van der Waals surface area contributed by atoms with Crippen LogP contribution >= 0.6 is 11.6 Å². The average molecular weight is 275 g/mol. The van der Waals surface area contributed by atoms with Gasteiger partial charge in [-0.25, -0.2) is 0 Å². The van der Waals surface area contributed by atoms with Crippen molar-refractivity contribution in [2.45, 2.75) is 20.8 Å². The Morgan fingerprint density at radius 2 is 1.79 bits per heavy atom. The first kappa shape index (κ1) is 13.6. The lowest BCUT2D eigenvalue weighted by Gasteiger charge is -2.11. The van der Waals surface area contributed by atoms with Gasteiger partial charge < -0.3 is 4.74 Å². The summed E-state index contributed by atoms with van der Waals surface area (Å²) in [6.07, 6.45) is 0. The van der Waals surface area contributed by atoms with Crippen LogP contribution in [-0.4, -0.2) is 5.78 Å². The maximum absolute atomic E-state index is 11.6. The summed E-state index contributed by atoms with van der Waals surface area (Å²) in [5.74, 6) is 1.18. The van der Waals surface area contributed by atoms with Crippen molar-refractivity contribution in [3.05, 3.63) is 58.1 Å². The van der Waals surface area contributed by atoms with E-state index < -0.39 is 0 Å². The normalized spacial score (nSPS) is 10.3. The zero-order valence-corrected chi connectivity index (χ0v) is 11.9. The molecule has 0 spiro atoms. The highest BCUT2D eigenvalue weighted by atomic mass is 35.5. The van der Waals surface area contributed by atoms with Crippen LogP contribution in [0.25, 0.3) is 0 Å². The summed E-state index contributed by atoms with van der Waals surface area (Å²) >= 11 is 5.90. The van der Waals surface area contributed by atoms with Crippen LogP contribution in [-0.2, 0) is 0 Å². The van der Waals surface area contributed by atoms with Gasteiger partial charge in [0.1, 0.15) is 11.5 Å². The van der Waals surface area contributed by atoms with Crippen molar-refractivity contribution in [3.63, 3.8) is 0 Å². The maximum Gasteiger partial charge on any atom is 0.163 e. The van der Waals surface area contributed by atoms with Crippen molar-refractivity contribution in [1.29, 1.82) is 0 Å². The van der Waals surface area contributed by atoms with Crippen molar-refractivity contribution in [1.82, 2.24) is 0 Å². The molecule has 0 unspecified atom stereocenters. The Balaban J connectivity index is 2.37. The minimum absolute atomic E-state index is 0.0682. The fraction of sp³-hybridized carbons (Fsp3) is 0.188. The molecule has 0 aliphatic heterocycles. The summed E-state index contributed by atoms with van der Waals surface area (Å²) in [4.78, 5) is 11.6. The molecule has 0 atom stereocenters. The summed E-state index contributed by atoms with van der Waals surface area (Å²) in [7, 11) is 0. The maximum atomic E-state index is 11.6. The molecule has 2 rings (SSSR count). The predicted molar refractivity (Wildman–Crippen MR) is 77.4 cm³/mol. The van der Waals surface area contributed by atoms with Gasteiger partial charge >= 0.3 is 0 Å². The van der Waals surface area contributed by atoms with Gasteiger partial charge in [0.15, 0.2) is 5.78 Å². The number of ether oxygens (including phenoxy) is 1. The molecule has 2 nitrogen and oxygen atoms in total. The van der Waals surface area contributed by atoms with Crippen LogP contribution in [0.2, 0.25) is 5.02 Å². The third kappa shape index (κ3) is 3.15. The molecule has 0 aromatic heterocycles. The topological polar surface area (TPSA) is 26.3 Å². The molecule has 0 saturated heterocycles. The molecule has 0 aliphatic carbocycles. The van der Waals surface area contributed by atoms with Gasteiger partial charge in [0, 0.05) is 5.02 Å². The highest BCUT2D eigenvalue weighted by Gasteiger charge is 2.10. The summed E-state index contributed by atoms with van der Waals surface area (Å²) in [6, 6.07) is 10.9. The second kappa shape index (κ2) is 5.45. The Morgan fingerprint density at radius 3 is 2.42 bits per heavy atom. The van der Waals surface area contributed by atoms with Crippen LogP contribution in [0, 0.1) is 13.8 Å². The molecule has 0 saturated carbocycles. The van der Waals surface area contributed by atoms with Crippen molar-refractivity contribution in [2.24, 2.45) is 0 Å². The third-order valence-corrected chi connectivity index (χ3v) is 3.26. The number of ketones is 1. The minimum atomic E-state index is -0.0682. The number of carbonyl (C=O) groups is 1. The zero-order valence-electron chi connectivity index (χ0n) is 11.2. The van der Waals surface area contributed by atoms with E-state index in [1.165, 1.54) is 12.5 Å². The quantitative estimate of drug-likeness (QED) is 0.740. The molecule has 0 bridgehead atoms. The summed E-state index contributed by atoms with van der Waals surface area (Å²) in [5.41, 5.74) is 2.84. The predicted octanol–water partition coefficient (Wildman–Crippen LogP) is 4.95. The highest BCUT2D eigenvalue weighted by Crippen LogP contribution is 2.29. The van der Waals surface area contributed by atoms with Crippen LogP contribution in [0.1, 0.15) is 28.4 Å². The van der Waals surface area contributed by atoms with Gasteiger partial charge in [-0.15, -0.1) is 0 Å². The van der Waals surface area contributed by atoms with E-state index in [1.807, 2.05) is 32.0 Å². The largest absolute Gasteiger partial charge is 0.457 e. The van der Waals surface area contributed by atoms with E-state index in [1.54, 1.807) is 18.2 Å². The summed E-state index contributed by atoms with van der Waals surface area (Å²) in [6.45, 7) is 5.57. The van der Waals surface area contributed by atoms with E-state index in [-0.39, 0.29) is 5.78 Å². The minimum Gasteiger partial charge on any atom is -0.457 e.